The fraction of sp³-hybridized carbons (Fsp3) is 0.714. The fourth-order valence-electron chi connectivity index (χ4n) is 2.46. The third kappa shape index (κ3) is 3.80. The zero-order chi connectivity index (χ0) is 14.4. The number of nitrogens with zero attached hydrogens (tertiary/aromatic N) is 3. The van der Waals surface area contributed by atoms with Gasteiger partial charge in [0.25, 0.3) is 0 Å². The Labute approximate surface area is 120 Å². The lowest BCUT2D eigenvalue weighted by molar-refractivity contribution is 0.178. The van der Waals surface area contributed by atoms with Crippen molar-refractivity contribution in [2.45, 2.75) is 26.4 Å². The largest absolute Gasteiger partial charge is 0.396 e. The van der Waals surface area contributed by atoms with Gasteiger partial charge in [0.05, 0.1) is 0 Å². The maximum absolute atomic E-state index is 9.21. The van der Waals surface area contributed by atoms with Crippen molar-refractivity contribution >= 4 is 11.6 Å². The van der Waals surface area contributed by atoms with Crippen LogP contribution in [0.5, 0.6) is 0 Å². The van der Waals surface area contributed by atoms with Crippen LogP contribution in [0, 0.1) is 5.92 Å². The highest BCUT2D eigenvalue weighted by Crippen LogP contribution is 2.23. The summed E-state index contributed by atoms with van der Waals surface area (Å²) in [5.41, 5.74) is 0. The molecule has 112 valence electrons. The average Bonchev–Trinajstić information content (AvgIpc) is 2.48. The molecular weight excluding hydrogens is 256 g/mol. The van der Waals surface area contributed by atoms with Crippen molar-refractivity contribution in [3.8, 4) is 0 Å². The van der Waals surface area contributed by atoms with Crippen LogP contribution in [0.3, 0.4) is 0 Å². The Bertz CT molecular complexity index is 395. The van der Waals surface area contributed by atoms with Crippen LogP contribution in [0.1, 0.15) is 25.6 Å². The minimum absolute atomic E-state index is 0.287. The Kier molecular flexibility index (Phi) is 5.55. The van der Waals surface area contributed by atoms with E-state index in [4.69, 9.17) is 4.74 Å². The molecule has 0 aliphatic carbocycles. The Morgan fingerprint density at radius 3 is 2.75 bits per heavy atom. The van der Waals surface area contributed by atoms with E-state index >= 15 is 0 Å². The number of aliphatic hydroxyl groups is 1. The molecule has 0 aromatic carbocycles. The van der Waals surface area contributed by atoms with Gasteiger partial charge in [-0.05, 0) is 25.7 Å². The lowest BCUT2D eigenvalue weighted by Gasteiger charge is -2.32. The van der Waals surface area contributed by atoms with Crippen molar-refractivity contribution in [1.29, 1.82) is 0 Å². The van der Waals surface area contributed by atoms with E-state index in [1.807, 2.05) is 13.0 Å². The Hall–Kier alpha value is -1.40. The normalized spacial score (nSPS) is 16.4. The number of aliphatic hydroxyl groups excluding tert-OH is 1. The molecule has 2 rings (SSSR count). The van der Waals surface area contributed by atoms with E-state index < -0.39 is 0 Å². The van der Waals surface area contributed by atoms with Gasteiger partial charge >= 0.3 is 0 Å². The molecule has 2 heterocycles. The predicted octanol–water partition coefficient (Wildman–Crippen LogP) is 1.26. The van der Waals surface area contributed by atoms with E-state index in [0.29, 0.717) is 18.3 Å². The number of hydrogen-bond donors (Lipinski definition) is 2. The molecule has 2 N–H and O–H groups in total. The molecule has 1 aliphatic rings. The quantitative estimate of drug-likeness (QED) is 0.817. The Morgan fingerprint density at radius 2 is 2.15 bits per heavy atom. The van der Waals surface area contributed by atoms with Crippen molar-refractivity contribution in [1.82, 2.24) is 9.97 Å². The van der Waals surface area contributed by atoms with Gasteiger partial charge in [-0.1, -0.05) is 0 Å². The van der Waals surface area contributed by atoms with Crippen LogP contribution >= 0.6 is 0 Å². The summed E-state index contributed by atoms with van der Waals surface area (Å²) in [6.07, 6.45) is 2.02. The topological polar surface area (TPSA) is 70.5 Å². The molecule has 0 atom stereocenters. The van der Waals surface area contributed by atoms with E-state index in [1.54, 1.807) is 7.11 Å². The van der Waals surface area contributed by atoms with Crippen molar-refractivity contribution in [2.24, 2.45) is 5.92 Å². The molecule has 1 aromatic rings. The third-order valence-corrected chi connectivity index (χ3v) is 3.59. The minimum Gasteiger partial charge on any atom is -0.396 e. The second-order valence-corrected chi connectivity index (χ2v) is 5.10. The van der Waals surface area contributed by atoms with Crippen LogP contribution < -0.4 is 10.2 Å². The lowest BCUT2D eigenvalue weighted by atomic mass is 9.98. The van der Waals surface area contributed by atoms with E-state index in [-0.39, 0.29) is 6.61 Å². The number of rotatable bonds is 6. The Morgan fingerprint density at radius 1 is 1.40 bits per heavy atom. The van der Waals surface area contributed by atoms with E-state index in [2.05, 4.69) is 20.2 Å². The number of aromatic nitrogens is 2. The van der Waals surface area contributed by atoms with Crippen molar-refractivity contribution in [2.75, 3.05) is 43.6 Å². The fourth-order valence-corrected chi connectivity index (χ4v) is 2.46. The SMILES string of the molecule is CCNc1cc(N2CCC(CO)CC2)nc(COC)n1. The zero-order valence-corrected chi connectivity index (χ0v) is 12.3. The first kappa shape index (κ1) is 15.0. The van der Waals surface area contributed by atoms with Crippen molar-refractivity contribution in [3.63, 3.8) is 0 Å². The van der Waals surface area contributed by atoms with Gasteiger partial charge in [-0.15, -0.1) is 0 Å². The summed E-state index contributed by atoms with van der Waals surface area (Å²) in [6.45, 7) is 5.44. The average molecular weight is 280 g/mol. The number of nitrogens with one attached hydrogen (secondary N) is 1. The van der Waals surface area contributed by atoms with E-state index in [1.165, 1.54) is 0 Å². The molecule has 1 saturated heterocycles. The van der Waals surface area contributed by atoms with E-state index in [9.17, 15) is 5.11 Å². The van der Waals surface area contributed by atoms with Crippen molar-refractivity contribution in [3.05, 3.63) is 11.9 Å². The summed E-state index contributed by atoms with van der Waals surface area (Å²) in [5, 5.41) is 12.4. The van der Waals surface area contributed by atoms with Crippen LogP contribution in [-0.4, -0.2) is 48.4 Å². The summed E-state index contributed by atoms with van der Waals surface area (Å²) in [6, 6.07) is 1.99. The molecule has 0 bridgehead atoms. The summed E-state index contributed by atoms with van der Waals surface area (Å²) in [4.78, 5) is 11.2. The Balaban J connectivity index is 2.13. The van der Waals surface area contributed by atoms with Gasteiger partial charge in [0, 0.05) is 39.4 Å². The number of anilines is 2. The van der Waals surface area contributed by atoms with Crippen LogP contribution in [0.2, 0.25) is 0 Å². The maximum Gasteiger partial charge on any atom is 0.158 e. The molecule has 0 radical (unpaired) electrons. The molecule has 1 fully saturated rings. The lowest BCUT2D eigenvalue weighted by Crippen LogP contribution is -2.35. The van der Waals surface area contributed by atoms with Gasteiger partial charge < -0.3 is 20.1 Å². The summed E-state index contributed by atoms with van der Waals surface area (Å²) in [7, 11) is 1.65. The third-order valence-electron chi connectivity index (χ3n) is 3.59. The molecule has 6 heteroatoms. The first-order valence-electron chi connectivity index (χ1n) is 7.23. The van der Waals surface area contributed by atoms with Crippen LogP contribution in [0.4, 0.5) is 11.6 Å². The molecule has 0 unspecified atom stereocenters. The molecule has 6 nitrogen and oxygen atoms in total. The number of hydrogen-bond acceptors (Lipinski definition) is 6. The number of methoxy groups -OCH3 is 1. The zero-order valence-electron chi connectivity index (χ0n) is 12.3. The molecule has 1 aromatic heterocycles. The minimum atomic E-state index is 0.287. The van der Waals surface area contributed by atoms with Crippen LogP contribution in [-0.2, 0) is 11.3 Å². The van der Waals surface area contributed by atoms with Gasteiger partial charge in [-0.2, -0.15) is 0 Å². The van der Waals surface area contributed by atoms with Gasteiger partial charge in [-0.25, -0.2) is 9.97 Å². The molecule has 0 amide bonds. The molecule has 1 aliphatic heterocycles. The van der Waals surface area contributed by atoms with Crippen LogP contribution in [0.25, 0.3) is 0 Å². The summed E-state index contributed by atoms with van der Waals surface area (Å²) < 4.78 is 5.13. The molecule has 0 saturated carbocycles. The first-order valence-corrected chi connectivity index (χ1v) is 7.23. The van der Waals surface area contributed by atoms with E-state index in [0.717, 1.165) is 44.1 Å². The van der Waals surface area contributed by atoms with Gasteiger partial charge in [0.2, 0.25) is 0 Å². The van der Waals surface area contributed by atoms with Gasteiger partial charge in [0.15, 0.2) is 5.82 Å². The maximum atomic E-state index is 9.21. The smallest absolute Gasteiger partial charge is 0.158 e. The monoisotopic (exact) mass is 280 g/mol. The van der Waals surface area contributed by atoms with Crippen molar-refractivity contribution < 1.29 is 9.84 Å². The standard InChI is InChI=1S/C14H24N4O2/c1-3-15-12-8-14(17-13(16-12)10-20-2)18-6-4-11(9-19)5-7-18/h8,11,19H,3-7,9-10H2,1-2H3,(H,15,16,17). The molecule has 0 spiro atoms. The second kappa shape index (κ2) is 7.40. The highest BCUT2D eigenvalue weighted by molar-refractivity contribution is 5.49. The summed E-state index contributed by atoms with van der Waals surface area (Å²) in [5.74, 6) is 2.92. The van der Waals surface area contributed by atoms with Gasteiger partial charge in [0.1, 0.15) is 18.2 Å². The predicted molar refractivity (Wildman–Crippen MR) is 78.9 cm³/mol. The van der Waals surface area contributed by atoms with Crippen LogP contribution in [0.15, 0.2) is 6.07 Å². The highest BCUT2D eigenvalue weighted by atomic mass is 16.5. The number of ether oxygens (including phenoxy) is 1. The number of piperidine rings is 1. The molecular formula is C14H24N4O2. The first-order chi connectivity index (χ1) is 9.76. The highest BCUT2D eigenvalue weighted by Gasteiger charge is 2.20. The molecule has 20 heavy (non-hydrogen) atoms. The second-order valence-electron chi connectivity index (χ2n) is 5.10. The van der Waals surface area contributed by atoms with Gasteiger partial charge in [-0.3, -0.25) is 0 Å². The summed E-state index contributed by atoms with van der Waals surface area (Å²) >= 11 is 0.